The van der Waals surface area contributed by atoms with Crippen LogP contribution in [-0.2, 0) is 9.59 Å². The fraction of sp³-hybridized carbons (Fsp3) is 0.158. The number of amides is 3. The van der Waals surface area contributed by atoms with E-state index in [-0.39, 0.29) is 21.2 Å². The summed E-state index contributed by atoms with van der Waals surface area (Å²) in [4.78, 5) is 47.7. The number of nitrogen functional groups attached to an aromatic ring is 1. The summed E-state index contributed by atoms with van der Waals surface area (Å²) in [5.74, 6) is -3.35. The van der Waals surface area contributed by atoms with Gasteiger partial charge >= 0.3 is 5.97 Å². The molecule has 0 heterocycles. The number of halogens is 2. The highest BCUT2D eigenvalue weighted by Crippen LogP contribution is 2.24. The van der Waals surface area contributed by atoms with Crippen LogP contribution < -0.4 is 21.7 Å². The van der Waals surface area contributed by atoms with Gasteiger partial charge in [-0.1, -0.05) is 35.3 Å². The van der Waals surface area contributed by atoms with Crippen LogP contribution >= 0.6 is 23.2 Å². The molecule has 2 aromatic rings. The van der Waals surface area contributed by atoms with Crippen molar-refractivity contribution in [3.05, 3.63) is 63.6 Å². The molecule has 0 aliphatic carbocycles. The predicted molar refractivity (Wildman–Crippen MR) is 112 cm³/mol. The number of carboxylic acids is 1. The van der Waals surface area contributed by atoms with Crippen molar-refractivity contribution in [3.63, 3.8) is 0 Å². The van der Waals surface area contributed by atoms with Crippen molar-refractivity contribution in [1.29, 1.82) is 0 Å². The number of anilines is 1. The molecule has 0 radical (unpaired) electrons. The van der Waals surface area contributed by atoms with E-state index in [1.807, 2.05) is 0 Å². The maximum atomic E-state index is 12.3. The molecule has 9 nitrogen and oxygen atoms in total. The van der Waals surface area contributed by atoms with Crippen LogP contribution in [0.3, 0.4) is 0 Å². The average Bonchev–Trinajstić information content (AvgIpc) is 2.68. The van der Waals surface area contributed by atoms with E-state index in [1.165, 1.54) is 30.3 Å². The number of nitrogens with one attached hydrogen (secondary N) is 3. The zero-order valence-electron chi connectivity index (χ0n) is 15.4. The Hall–Kier alpha value is -3.30. The van der Waals surface area contributed by atoms with Gasteiger partial charge in [0.05, 0.1) is 22.2 Å². The van der Waals surface area contributed by atoms with Gasteiger partial charge in [-0.15, -0.1) is 0 Å². The van der Waals surface area contributed by atoms with Crippen LogP contribution in [0.1, 0.15) is 20.7 Å². The molecule has 0 aromatic heterocycles. The quantitative estimate of drug-likeness (QED) is 0.380. The lowest BCUT2D eigenvalue weighted by atomic mass is 10.2. The second-order valence-electron chi connectivity index (χ2n) is 6.07. The molecule has 0 saturated heterocycles. The molecular weight excluding hydrogens is 435 g/mol. The molecule has 0 fully saturated rings. The minimum atomic E-state index is -1.45. The van der Waals surface area contributed by atoms with Gasteiger partial charge in [0.25, 0.3) is 11.8 Å². The van der Waals surface area contributed by atoms with Crippen molar-refractivity contribution in [2.75, 3.05) is 18.8 Å². The van der Waals surface area contributed by atoms with Crippen molar-refractivity contribution in [1.82, 2.24) is 16.0 Å². The summed E-state index contributed by atoms with van der Waals surface area (Å²) in [7, 11) is 0. The lowest BCUT2D eigenvalue weighted by Gasteiger charge is -2.16. The molecule has 1 atom stereocenters. The monoisotopic (exact) mass is 452 g/mol. The van der Waals surface area contributed by atoms with Gasteiger partial charge in [0.15, 0.2) is 0 Å². The lowest BCUT2D eigenvalue weighted by Crippen LogP contribution is -2.50. The summed E-state index contributed by atoms with van der Waals surface area (Å²) in [6, 6.07) is 9.14. The van der Waals surface area contributed by atoms with Crippen LogP contribution in [0.4, 0.5) is 5.69 Å². The van der Waals surface area contributed by atoms with Gasteiger partial charge in [0, 0.05) is 17.8 Å². The van der Waals surface area contributed by atoms with Gasteiger partial charge in [0.1, 0.15) is 6.04 Å². The average molecular weight is 453 g/mol. The molecule has 0 bridgehead atoms. The maximum absolute atomic E-state index is 12.3. The van der Waals surface area contributed by atoms with Gasteiger partial charge in [-0.3, -0.25) is 14.4 Å². The number of benzene rings is 2. The number of hydrogen-bond donors (Lipinski definition) is 5. The van der Waals surface area contributed by atoms with Gasteiger partial charge in [0.2, 0.25) is 5.91 Å². The van der Waals surface area contributed by atoms with E-state index in [9.17, 15) is 24.3 Å². The van der Waals surface area contributed by atoms with Gasteiger partial charge in [-0.05, 0) is 30.3 Å². The molecule has 11 heteroatoms. The highest BCUT2D eigenvalue weighted by Gasteiger charge is 2.24. The van der Waals surface area contributed by atoms with Gasteiger partial charge in [-0.25, -0.2) is 4.79 Å². The van der Waals surface area contributed by atoms with Crippen molar-refractivity contribution in [2.45, 2.75) is 6.04 Å². The Morgan fingerprint density at radius 3 is 2.20 bits per heavy atom. The molecule has 158 valence electrons. The highest BCUT2D eigenvalue weighted by molar-refractivity contribution is 6.39. The van der Waals surface area contributed by atoms with Crippen molar-refractivity contribution in [2.24, 2.45) is 0 Å². The molecule has 6 N–H and O–H groups in total. The third-order valence-corrected chi connectivity index (χ3v) is 4.48. The molecule has 0 unspecified atom stereocenters. The summed E-state index contributed by atoms with van der Waals surface area (Å²) in [6.07, 6.45) is 0. The Balaban J connectivity index is 1.89. The van der Waals surface area contributed by atoms with Crippen molar-refractivity contribution < 1.29 is 24.3 Å². The standard InChI is InChI=1S/C19H18Cl2N4O5/c20-12-5-2-6-13(21)16(12)18(28)25-14(19(29)30)8-23-15(26)9-24-17(27)10-3-1-4-11(22)7-10/h1-7,14H,8-9,22H2,(H,23,26)(H,24,27)(H,25,28)(H,29,30)/t14-/m0/s1. The number of hydrogen-bond acceptors (Lipinski definition) is 5. The van der Waals surface area contributed by atoms with E-state index >= 15 is 0 Å². The van der Waals surface area contributed by atoms with Crippen LogP contribution in [0.2, 0.25) is 10.0 Å². The number of nitrogens with two attached hydrogens (primary N) is 1. The molecule has 30 heavy (non-hydrogen) atoms. The third kappa shape index (κ3) is 6.36. The smallest absolute Gasteiger partial charge is 0.328 e. The summed E-state index contributed by atoms with van der Waals surface area (Å²) in [6.45, 7) is -0.819. The van der Waals surface area contributed by atoms with Crippen LogP contribution in [0.15, 0.2) is 42.5 Å². The maximum Gasteiger partial charge on any atom is 0.328 e. The first-order valence-corrected chi connectivity index (χ1v) is 9.32. The number of carboxylic acid groups (broad SMARTS) is 1. The molecule has 2 aromatic carbocycles. The van der Waals surface area contributed by atoms with E-state index in [1.54, 1.807) is 12.1 Å². The van der Waals surface area contributed by atoms with Crippen LogP contribution in [-0.4, -0.2) is 47.9 Å². The Labute approximate surface area is 181 Å². The van der Waals surface area contributed by atoms with E-state index in [0.717, 1.165) is 0 Å². The number of carbonyl (C=O) groups is 4. The summed E-state index contributed by atoms with van der Waals surface area (Å²) in [5.41, 5.74) is 6.19. The molecule has 0 spiro atoms. The number of rotatable bonds is 8. The Kier molecular flexibility index (Phi) is 8.02. The topological polar surface area (TPSA) is 151 Å². The van der Waals surface area contributed by atoms with Crippen molar-refractivity contribution >= 4 is 52.6 Å². The number of carbonyl (C=O) groups excluding carboxylic acids is 3. The minimum Gasteiger partial charge on any atom is -0.480 e. The normalized spacial score (nSPS) is 11.3. The zero-order chi connectivity index (χ0) is 22.3. The molecule has 2 rings (SSSR count). The lowest BCUT2D eigenvalue weighted by molar-refractivity contribution is -0.139. The molecular formula is C19H18Cl2N4O5. The van der Waals surface area contributed by atoms with Gasteiger partial charge < -0.3 is 26.8 Å². The van der Waals surface area contributed by atoms with Crippen molar-refractivity contribution in [3.8, 4) is 0 Å². The zero-order valence-corrected chi connectivity index (χ0v) is 17.0. The van der Waals surface area contributed by atoms with Crippen LogP contribution in [0.5, 0.6) is 0 Å². The first kappa shape index (κ1) is 23.0. The van der Waals surface area contributed by atoms with E-state index < -0.39 is 42.8 Å². The molecule has 0 aliphatic heterocycles. The largest absolute Gasteiger partial charge is 0.480 e. The summed E-state index contributed by atoms with van der Waals surface area (Å²) in [5, 5.41) is 16.4. The first-order chi connectivity index (χ1) is 14.2. The molecule has 0 saturated carbocycles. The summed E-state index contributed by atoms with van der Waals surface area (Å²) < 4.78 is 0. The van der Waals surface area contributed by atoms with E-state index in [2.05, 4.69) is 16.0 Å². The number of aliphatic carboxylic acids is 1. The minimum absolute atomic E-state index is 0.0532. The first-order valence-electron chi connectivity index (χ1n) is 8.57. The second kappa shape index (κ2) is 10.5. The van der Waals surface area contributed by atoms with Crippen LogP contribution in [0.25, 0.3) is 0 Å². The van der Waals surface area contributed by atoms with Crippen LogP contribution in [0, 0.1) is 0 Å². The summed E-state index contributed by atoms with van der Waals surface area (Å²) >= 11 is 11.9. The Morgan fingerprint density at radius 2 is 1.60 bits per heavy atom. The van der Waals surface area contributed by atoms with E-state index in [4.69, 9.17) is 28.9 Å². The van der Waals surface area contributed by atoms with E-state index in [0.29, 0.717) is 5.69 Å². The Bertz CT molecular complexity index is 963. The second-order valence-corrected chi connectivity index (χ2v) is 6.89. The predicted octanol–water partition coefficient (Wildman–Crippen LogP) is 1.30. The fourth-order valence-corrected chi connectivity index (χ4v) is 2.94. The highest BCUT2D eigenvalue weighted by atomic mass is 35.5. The SMILES string of the molecule is Nc1cccc(C(=O)NCC(=O)NC[C@H](NC(=O)c2c(Cl)cccc2Cl)C(=O)O)c1. The molecule has 0 aliphatic rings. The Morgan fingerprint density at radius 1 is 0.967 bits per heavy atom. The third-order valence-electron chi connectivity index (χ3n) is 3.85. The molecule has 3 amide bonds. The fourth-order valence-electron chi connectivity index (χ4n) is 2.37. The van der Waals surface area contributed by atoms with Gasteiger partial charge in [-0.2, -0.15) is 0 Å².